The van der Waals surface area contributed by atoms with Crippen LogP contribution in [0.1, 0.15) is 24.8 Å². The number of amides is 2. The second kappa shape index (κ2) is 6.20. The standard InChI is InChI=1S/C15H17N3O2/c1-2-13-14(19)17-8-9-18(13)15(20)12(10-16)11-6-4-3-5-7-11/h3-7,12-13H,2,8-9H2,1H3,(H,17,19). The van der Waals surface area contributed by atoms with Gasteiger partial charge in [0.2, 0.25) is 11.8 Å². The van der Waals surface area contributed by atoms with Gasteiger partial charge in [0.15, 0.2) is 0 Å². The molecule has 1 aromatic rings. The molecule has 0 bridgehead atoms. The molecule has 2 amide bonds. The van der Waals surface area contributed by atoms with Gasteiger partial charge in [0.05, 0.1) is 6.07 Å². The number of rotatable bonds is 3. The van der Waals surface area contributed by atoms with Crippen LogP contribution in [-0.2, 0) is 9.59 Å². The summed E-state index contributed by atoms with van der Waals surface area (Å²) in [4.78, 5) is 25.9. The van der Waals surface area contributed by atoms with Gasteiger partial charge in [-0.05, 0) is 12.0 Å². The van der Waals surface area contributed by atoms with E-state index >= 15 is 0 Å². The molecule has 2 atom stereocenters. The van der Waals surface area contributed by atoms with Crippen LogP contribution in [0, 0.1) is 11.3 Å². The van der Waals surface area contributed by atoms with Crippen molar-refractivity contribution in [2.45, 2.75) is 25.3 Å². The van der Waals surface area contributed by atoms with Crippen LogP contribution in [0.25, 0.3) is 0 Å². The van der Waals surface area contributed by atoms with Crippen molar-refractivity contribution in [2.24, 2.45) is 0 Å². The predicted octanol–water partition coefficient (Wildman–Crippen LogP) is 1.03. The Morgan fingerprint density at radius 2 is 2.20 bits per heavy atom. The molecule has 1 aliphatic rings. The average Bonchev–Trinajstić information content (AvgIpc) is 2.48. The van der Waals surface area contributed by atoms with Crippen molar-refractivity contribution in [3.05, 3.63) is 35.9 Å². The molecule has 5 heteroatoms. The van der Waals surface area contributed by atoms with Crippen molar-refractivity contribution >= 4 is 11.8 Å². The van der Waals surface area contributed by atoms with E-state index in [2.05, 4.69) is 11.4 Å². The molecule has 0 aliphatic carbocycles. The Morgan fingerprint density at radius 1 is 1.50 bits per heavy atom. The Balaban J connectivity index is 2.24. The molecule has 2 unspecified atom stereocenters. The number of nitrogens with zero attached hydrogens (tertiary/aromatic N) is 2. The molecule has 0 saturated carbocycles. The molecule has 1 saturated heterocycles. The third kappa shape index (κ3) is 2.64. The van der Waals surface area contributed by atoms with Crippen LogP contribution < -0.4 is 5.32 Å². The highest BCUT2D eigenvalue weighted by atomic mass is 16.2. The van der Waals surface area contributed by atoms with Crippen LogP contribution >= 0.6 is 0 Å². The van der Waals surface area contributed by atoms with E-state index in [0.29, 0.717) is 25.1 Å². The van der Waals surface area contributed by atoms with Gasteiger partial charge < -0.3 is 10.2 Å². The topological polar surface area (TPSA) is 73.2 Å². The maximum Gasteiger partial charge on any atom is 0.245 e. The van der Waals surface area contributed by atoms with E-state index < -0.39 is 12.0 Å². The molecule has 5 nitrogen and oxygen atoms in total. The lowest BCUT2D eigenvalue weighted by Crippen LogP contribution is -2.57. The van der Waals surface area contributed by atoms with E-state index in [4.69, 9.17) is 0 Å². The first-order valence-corrected chi connectivity index (χ1v) is 6.71. The number of carbonyl (C=O) groups excluding carboxylic acids is 2. The van der Waals surface area contributed by atoms with Crippen LogP contribution in [0.4, 0.5) is 0 Å². The van der Waals surface area contributed by atoms with Gasteiger partial charge in [-0.1, -0.05) is 37.3 Å². The normalized spacial score (nSPS) is 19.9. The van der Waals surface area contributed by atoms with Crippen LogP contribution in [0.3, 0.4) is 0 Å². The Kier molecular flexibility index (Phi) is 4.36. The van der Waals surface area contributed by atoms with Crippen molar-refractivity contribution in [1.29, 1.82) is 5.26 Å². The van der Waals surface area contributed by atoms with Gasteiger partial charge in [-0.15, -0.1) is 0 Å². The fraction of sp³-hybridized carbons (Fsp3) is 0.400. The molecule has 0 aromatic heterocycles. The molecule has 20 heavy (non-hydrogen) atoms. The highest BCUT2D eigenvalue weighted by Gasteiger charge is 2.35. The second-order valence-electron chi connectivity index (χ2n) is 4.72. The first kappa shape index (κ1) is 14.1. The lowest BCUT2D eigenvalue weighted by Gasteiger charge is -2.35. The lowest BCUT2D eigenvalue weighted by atomic mass is 9.97. The van der Waals surface area contributed by atoms with Crippen molar-refractivity contribution < 1.29 is 9.59 Å². The highest BCUT2D eigenvalue weighted by molar-refractivity contribution is 5.92. The summed E-state index contributed by atoms with van der Waals surface area (Å²) in [5.74, 6) is -1.28. The Labute approximate surface area is 118 Å². The number of benzene rings is 1. The Bertz CT molecular complexity index is 536. The fourth-order valence-corrected chi connectivity index (χ4v) is 2.47. The molecule has 1 heterocycles. The molecule has 1 fully saturated rings. The van der Waals surface area contributed by atoms with E-state index in [1.165, 1.54) is 4.90 Å². The quantitative estimate of drug-likeness (QED) is 0.892. The van der Waals surface area contributed by atoms with Crippen LogP contribution in [0.15, 0.2) is 30.3 Å². The van der Waals surface area contributed by atoms with Crippen molar-refractivity contribution in [3.8, 4) is 6.07 Å². The first-order chi connectivity index (χ1) is 9.69. The summed E-state index contributed by atoms with van der Waals surface area (Å²) in [6.45, 7) is 2.75. The number of carbonyl (C=O) groups is 2. The van der Waals surface area contributed by atoms with Gasteiger partial charge in [-0.25, -0.2) is 0 Å². The second-order valence-corrected chi connectivity index (χ2v) is 4.72. The molecule has 104 valence electrons. The van der Waals surface area contributed by atoms with Crippen LogP contribution in [0.5, 0.6) is 0 Å². The summed E-state index contributed by atoms with van der Waals surface area (Å²) in [6.07, 6.45) is 0.546. The minimum Gasteiger partial charge on any atom is -0.353 e. The zero-order valence-electron chi connectivity index (χ0n) is 11.4. The number of nitriles is 1. The zero-order valence-corrected chi connectivity index (χ0v) is 11.4. The van der Waals surface area contributed by atoms with Crippen molar-refractivity contribution in [3.63, 3.8) is 0 Å². The van der Waals surface area contributed by atoms with Crippen LogP contribution in [0.2, 0.25) is 0 Å². The van der Waals surface area contributed by atoms with Gasteiger partial charge in [-0.3, -0.25) is 9.59 Å². The molecule has 2 rings (SSSR count). The zero-order chi connectivity index (χ0) is 14.5. The van der Waals surface area contributed by atoms with E-state index in [9.17, 15) is 14.9 Å². The average molecular weight is 271 g/mol. The summed E-state index contributed by atoms with van der Waals surface area (Å²) in [5, 5.41) is 12.1. The molecule has 0 spiro atoms. The van der Waals surface area contributed by atoms with Gasteiger partial charge in [0, 0.05) is 13.1 Å². The summed E-state index contributed by atoms with van der Waals surface area (Å²) >= 11 is 0. The summed E-state index contributed by atoms with van der Waals surface area (Å²) in [6, 6.07) is 10.5. The third-order valence-electron chi connectivity index (χ3n) is 3.51. The predicted molar refractivity (Wildman–Crippen MR) is 73.6 cm³/mol. The van der Waals surface area contributed by atoms with Gasteiger partial charge in [-0.2, -0.15) is 5.26 Å². The van der Waals surface area contributed by atoms with E-state index in [1.54, 1.807) is 24.3 Å². The smallest absolute Gasteiger partial charge is 0.245 e. The van der Waals surface area contributed by atoms with Crippen LogP contribution in [-0.4, -0.2) is 35.8 Å². The third-order valence-corrected chi connectivity index (χ3v) is 3.51. The summed E-state index contributed by atoms with van der Waals surface area (Å²) in [7, 11) is 0. The van der Waals surface area contributed by atoms with E-state index in [0.717, 1.165) is 0 Å². The fourth-order valence-electron chi connectivity index (χ4n) is 2.47. The maximum absolute atomic E-state index is 12.6. The molecule has 1 aliphatic heterocycles. The SMILES string of the molecule is CCC1C(=O)NCCN1C(=O)C(C#N)c1ccccc1. The van der Waals surface area contributed by atoms with Gasteiger partial charge in [0.25, 0.3) is 0 Å². The number of hydrogen-bond acceptors (Lipinski definition) is 3. The molecular formula is C15H17N3O2. The largest absolute Gasteiger partial charge is 0.353 e. The monoisotopic (exact) mass is 271 g/mol. The molecular weight excluding hydrogens is 254 g/mol. The molecule has 1 N–H and O–H groups in total. The number of hydrogen-bond donors (Lipinski definition) is 1. The minimum absolute atomic E-state index is 0.142. The van der Waals surface area contributed by atoms with Crippen molar-refractivity contribution in [1.82, 2.24) is 10.2 Å². The lowest BCUT2D eigenvalue weighted by molar-refractivity contribution is -0.143. The Morgan fingerprint density at radius 3 is 2.80 bits per heavy atom. The maximum atomic E-state index is 12.6. The Hall–Kier alpha value is -2.35. The number of piperazine rings is 1. The molecule has 0 radical (unpaired) electrons. The van der Waals surface area contributed by atoms with Gasteiger partial charge in [0.1, 0.15) is 12.0 Å². The first-order valence-electron chi connectivity index (χ1n) is 6.71. The van der Waals surface area contributed by atoms with E-state index in [1.807, 2.05) is 13.0 Å². The summed E-state index contributed by atoms with van der Waals surface area (Å²) < 4.78 is 0. The highest BCUT2D eigenvalue weighted by Crippen LogP contribution is 2.21. The van der Waals surface area contributed by atoms with E-state index in [-0.39, 0.29) is 11.8 Å². The molecule has 1 aromatic carbocycles. The number of nitrogens with one attached hydrogen (secondary N) is 1. The minimum atomic E-state index is -0.851. The summed E-state index contributed by atoms with van der Waals surface area (Å²) in [5.41, 5.74) is 0.667. The van der Waals surface area contributed by atoms with Crippen molar-refractivity contribution in [2.75, 3.05) is 13.1 Å². The van der Waals surface area contributed by atoms with Gasteiger partial charge >= 0.3 is 0 Å².